The van der Waals surface area contributed by atoms with Gasteiger partial charge in [-0.05, 0) is 33.6 Å². The summed E-state index contributed by atoms with van der Waals surface area (Å²) < 4.78 is 0. The fourth-order valence-electron chi connectivity index (χ4n) is 1.65. The second-order valence-electron chi connectivity index (χ2n) is 5.47. The molecular weight excluding hydrogens is 278 g/mol. The minimum absolute atomic E-state index is 0.00986. The van der Waals surface area contributed by atoms with E-state index in [0.29, 0.717) is 0 Å². The fraction of sp³-hybridized carbons (Fsp3) is 0.929. The van der Waals surface area contributed by atoms with E-state index in [1.54, 1.807) is 0 Å². The quantitative estimate of drug-likeness (QED) is 0.324. The van der Waals surface area contributed by atoms with Crippen molar-refractivity contribution in [2.45, 2.75) is 84.0 Å². The number of aliphatic hydroxyl groups is 2. The maximum absolute atomic E-state index is 10.2. The smallest absolute Gasteiger partial charge is 0.335 e. The third kappa shape index (κ3) is 15.0. The Bertz CT molecular complexity index is 281. The van der Waals surface area contributed by atoms with Crippen LogP contribution < -0.4 is 0 Å². The largest absolute Gasteiger partial charge is 0.479 e. The molecule has 21 heavy (non-hydrogen) atoms. The number of aliphatic hydroxyl groups excluding tert-OH is 1. The van der Waals surface area contributed by atoms with Gasteiger partial charge in [-0.3, -0.25) is 0 Å². The maximum Gasteiger partial charge on any atom is 0.335 e. The number of aliphatic carboxylic acids is 1. The minimum Gasteiger partial charge on any atom is -0.479 e. The predicted molar refractivity (Wildman–Crippen MR) is 79.7 cm³/mol. The molecule has 0 radical (unpaired) electrons. The Morgan fingerprint density at radius 3 is 2.19 bits per heavy atom. The number of carbonyl (C=O) groups is 1. The zero-order valence-electron chi connectivity index (χ0n) is 13.4. The van der Waals surface area contributed by atoms with E-state index in [9.17, 15) is 9.70 Å². The average Bonchev–Trinajstić information content (AvgIpc) is 2.34. The lowest BCUT2D eigenvalue weighted by molar-refractivity contribution is -0.159. The van der Waals surface area contributed by atoms with Crippen LogP contribution in [0.15, 0.2) is 5.34 Å². The summed E-state index contributed by atoms with van der Waals surface area (Å²) in [5, 5.41) is 28.4. The Kier molecular flexibility index (Phi) is 13.2. The molecule has 0 aromatic carbocycles. The van der Waals surface area contributed by atoms with Gasteiger partial charge in [-0.15, -0.1) is 4.91 Å². The summed E-state index contributed by atoms with van der Waals surface area (Å²) in [4.78, 5) is 24.3. The highest BCUT2D eigenvalue weighted by Crippen LogP contribution is 2.11. The van der Waals surface area contributed by atoms with Crippen LogP contribution in [-0.2, 0) is 9.63 Å². The molecule has 126 valence electrons. The van der Waals surface area contributed by atoms with Crippen molar-refractivity contribution in [2.24, 2.45) is 5.34 Å². The molecule has 0 heterocycles. The predicted octanol–water partition coefficient (Wildman–Crippen LogP) is 2.64. The molecular formula is C14H29NO6. The summed E-state index contributed by atoms with van der Waals surface area (Å²) >= 11 is 0. The van der Waals surface area contributed by atoms with Crippen molar-refractivity contribution < 1.29 is 25.0 Å². The van der Waals surface area contributed by atoms with Gasteiger partial charge in [0.2, 0.25) is 0 Å². The highest BCUT2D eigenvalue weighted by molar-refractivity contribution is 5.76. The molecule has 0 fully saturated rings. The molecule has 3 unspecified atom stereocenters. The third-order valence-electron chi connectivity index (χ3n) is 2.84. The number of unbranched alkanes of at least 4 members (excludes halogenated alkanes) is 3. The van der Waals surface area contributed by atoms with E-state index >= 15 is 0 Å². The highest BCUT2D eigenvalue weighted by atomic mass is 16.7. The summed E-state index contributed by atoms with van der Waals surface area (Å²) in [6.45, 7) is 6.62. The summed E-state index contributed by atoms with van der Waals surface area (Å²) in [6.07, 6.45) is 4.83. The number of carboxylic acids is 1. The molecule has 0 aliphatic rings. The first-order valence-electron chi connectivity index (χ1n) is 7.29. The van der Waals surface area contributed by atoms with Crippen molar-refractivity contribution >= 4 is 5.97 Å². The van der Waals surface area contributed by atoms with Crippen LogP contribution in [0.2, 0.25) is 0 Å². The highest BCUT2D eigenvalue weighted by Gasteiger charge is 2.30. The number of hydrogen-bond acceptors (Lipinski definition) is 6. The minimum atomic E-state index is -1.81. The van der Waals surface area contributed by atoms with Crippen molar-refractivity contribution in [3.05, 3.63) is 4.91 Å². The van der Waals surface area contributed by atoms with Gasteiger partial charge in [-0.2, -0.15) is 0 Å². The number of carboxylic acid groups (broad SMARTS) is 1. The van der Waals surface area contributed by atoms with Crippen LogP contribution in [0.3, 0.4) is 0 Å². The molecule has 0 aliphatic heterocycles. The molecule has 0 aromatic rings. The SMILES string of the molecule is CC(O)CC(C)(O)C(=O)O.CCCCCCC(C)ON=O. The van der Waals surface area contributed by atoms with Gasteiger partial charge in [-0.1, -0.05) is 26.2 Å². The van der Waals surface area contributed by atoms with Gasteiger partial charge in [0, 0.05) is 6.42 Å². The Morgan fingerprint density at radius 1 is 1.29 bits per heavy atom. The van der Waals surface area contributed by atoms with Crippen molar-refractivity contribution in [2.75, 3.05) is 0 Å². The van der Waals surface area contributed by atoms with Crippen molar-refractivity contribution in [1.82, 2.24) is 0 Å². The number of rotatable bonds is 10. The monoisotopic (exact) mass is 307 g/mol. The summed E-state index contributed by atoms with van der Waals surface area (Å²) in [5.74, 6) is -1.31. The van der Waals surface area contributed by atoms with Crippen LogP contribution in [0.4, 0.5) is 0 Å². The number of hydrogen-bond donors (Lipinski definition) is 3. The molecule has 7 heteroatoms. The van der Waals surface area contributed by atoms with Crippen LogP contribution in [-0.4, -0.2) is 39.1 Å². The first-order valence-corrected chi connectivity index (χ1v) is 7.29. The van der Waals surface area contributed by atoms with E-state index in [2.05, 4.69) is 17.1 Å². The topological polar surface area (TPSA) is 116 Å². The molecule has 0 saturated heterocycles. The standard InChI is InChI=1S/C8H17NO2.C6H12O4/c1-3-4-5-6-7-8(2)11-9-10;1-4(7)3-6(2,10)5(8)9/h8H,3-7H2,1-2H3;4,7,10H,3H2,1-2H3,(H,8,9). The molecule has 7 nitrogen and oxygen atoms in total. The summed E-state index contributed by atoms with van der Waals surface area (Å²) in [6, 6.07) is 0. The van der Waals surface area contributed by atoms with Gasteiger partial charge >= 0.3 is 5.97 Å². The fourth-order valence-corrected chi connectivity index (χ4v) is 1.65. The van der Waals surface area contributed by atoms with Crippen molar-refractivity contribution in [1.29, 1.82) is 0 Å². The van der Waals surface area contributed by atoms with Crippen LogP contribution in [0.1, 0.15) is 66.2 Å². The van der Waals surface area contributed by atoms with Gasteiger partial charge in [0.15, 0.2) is 10.9 Å². The lowest BCUT2D eigenvalue weighted by Gasteiger charge is -2.18. The summed E-state index contributed by atoms with van der Waals surface area (Å²) in [7, 11) is 0. The Balaban J connectivity index is 0. The van der Waals surface area contributed by atoms with Crippen LogP contribution >= 0.6 is 0 Å². The number of nitrogens with zero attached hydrogens (tertiary/aromatic N) is 1. The Hall–Kier alpha value is -1.21. The zero-order valence-corrected chi connectivity index (χ0v) is 13.4. The average molecular weight is 307 g/mol. The third-order valence-corrected chi connectivity index (χ3v) is 2.84. The van der Waals surface area contributed by atoms with Crippen LogP contribution in [0.5, 0.6) is 0 Å². The molecule has 0 rings (SSSR count). The molecule has 0 aliphatic carbocycles. The van der Waals surface area contributed by atoms with E-state index in [4.69, 9.17) is 15.3 Å². The van der Waals surface area contributed by atoms with Gasteiger partial charge in [0.1, 0.15) is 6.10 Å². The zero-order chi connectivity index (χ0) is 16.9. The van der Waals surface area contributed by atoms with Crippen molar-refractivity contribution in [3.8, 4) is 0 Å². The van der Waals surface area contributed by atoms with E-state index in [1.165, 1.54) is 26.2 Å². The normalized spacial score (nSPS) is 15.9. The Labute approximate surface area is 126 Å². The van der Waals surface area contributed by atoms with E-state index < -0.39 is 17.7 Å². The summed E-state index contributed by atoms with van der Waals surface area (Å²) in [5.41, 5.74) is -1.81. The van der Waals surface area contributed by atoms with Gasteiger partial charge in [-0.25, -0.2) is 4.79 Å². The molecule has 3 N–H and O–H groups in total. The lowest BCUT2D eigenvalue weighted by atomic mass is 10.00. The molecule has 0 bridgehead atoms. The molecule has 3 atom stereocenters. The molecule has 0 aromatic heterocycles. The second-order valence-corrected chi connectivity index (χ2v) is 5.47. The second kappa shape index (κ2) is 12.5. The van der Waals surface area contributed by atoms with Gasteiger partial charge in [0.05, 0.1) is 6.10 Å². The van der Waals surface area contributed by atoms with E-state index in [1.807, 2.05) is 6.92 Å². The van der Waals surface area contributed by atoms with Gasteiger partial charge < -0.3 is 20.2 Å². The lowest BCUT2D eigenvalue weighted by Crippen LogP contribution is -2.37. The molecule has 0 saturated carbocycles. The maximum atomic E-state index is 10.2. The van der Waals surface area contributed by atoms with E-state index in [-0.39, 0.29) is 12.5 Å². The first-order chi connectivity index (χ1) is 9.67. The van der Waals surface area contributed by atoms with E-state index in [0.717, 1.165) is 19.8 Å². The molecule has 0 amide bonds. The van der Waals surface area contributed by atoms with Crippen LogP contribution in [0, 0.1) is 4.91 Å². The van der Waals surface area contributed by atoms with Gasteiger partial charge in [0.25, 0.3) is 0 Å². The van der Waals surface area contributed by atoms with Crippen LogP contribution in [0.25, 0.3) is 0 Å². The first kappa shape index (κ1) is 22.1. The molecule has 0 spiro atoms. The van der Waals surface area contributed by atoms with Crippen molar-refractivity contribution in [3.63, 3.8) is 0 Å². The Morgan fingerprint density at radius 2 is 1.86 bits per heavy atom.